The van der Waals surface area contributed by atoms with Crippen LogP contribution in [0.1, 0.15) is 0 Å². The predicted molar refractivity (Wildman–Crippen MR) is 117 cm³/mol. The van der Waals surface area contributed by atoms with Crippen molar-refractivity contribution in [2.24, 2.45) is 10.2 Å². The zero-order valence-corrected chi connectivity index (χ0v) is 19.5. The number of hydrogen-bond donors (Lipinski definition) is 2. The van der Waals surface area contributed by atoms with Crippen molar-refractivity contribution in [2.45, 2.75) is 4.90 Å². The molecule has 0 aliphatic heterocycles. The standard InChI is InChI=1S/C22H18N4O3S.Na/c23-19-11-13-20(18-9-5-4-8-17(18)19)26-25-16-10-12-21(22(14-16)30(27,28)29)24-15-6-2-1-3-7-15;/h1-14,24H,23H2,(H,27,28,29);/q;+1/p-1. The number of benzene rings is 4. The first-order chi connectivity index (χ1) is 14.4. The van der Waals surface area contributed by atoms with Crippen molar-refractivity contribution in [1.82, 2.24) is 0 Å². The summed E-state index contributed by atoms with van der Waals surface area (Å²) in [6.45, 7) is 0. The molecule has 31 heavy (non-hydrogen) atoms. The minimum Gasteiger partial charge on any atom is -0.744 e. The van der Waals surface area contributed by atoms with Crippen LogP contribution >= 0.6 is 0 Å². The number of azo groups is 1. The van der Waals surface area contributed by atoms with E-state index in [2.05, 4.69) is 15.5 Å². The zero-order valence-electron chi connectivity index (χ0n) is 16.7. The maximum Gasteiger partial charge on any atom is 1.00 e. The third kappa shape index (κ3) is 5.30. The molecule has 9 heteroatoms. The number of hydrogen-bond acceptors (Lipinski definition) is 7. The Morgan fingerprint density at radius 3 is 2.19 bits per heavy atom. The molecular formula is C22H17N4NaO3S. The Morgan fingerprint density at radius 2 is 1.48 bits per heavy atom. The van der Waals surface area contributed by atoms with Crippen LogP contribution in [-0.4, -0.2) is 13.0 Å². The minimum atomic E-state index is -4.73. The van der Waals surface area contributed by atoms with Gasteiger partial charge in [0.1, 0.15) is 10.1 Å². The van der Waals surface area contributed by atoms with Crippen LogP contribution in [0.3, 0.4) is 0 Å². The third-order valence-corrected chi connectivity index (χ3v) is 5.37. The molecule has 4 aromatic carbocycles. The Hall–Kier alpha value is -2.75. The molecule has 0 fully saturated rings. The van der Waals surface area contributed by atoms with Crippen molar-refractivity contribution in [1.29, 1.82) is 0 Å². The first-order valence-electron chi connectivity index (χ1n) is 9.03. The molecule has 7 nitrogen and oxygen atoms in total. The van der Waals surface area contributed by atoms with Gasteiger partial charge in [-0.1, -0.05) is 42.5 Å². The van der Waals surface area contributed by atoms with Gasteiger partial charge >= 0.3 is 29.6 Å². The summed E-state index contributed by atoms with van der Waals surface area (Å²) < 4.78 is 35.4. The fraction of sp³-hybridized carbons (Fsp3) is 0. The van der Waals surface area contributed by atoms with Gasteiger partial charge in [-0.3, -0.25) is 0 Å². The van der Waals surface area contributed by atoms with E-state index in [1.807, 2.05) is 30.3 Å². The minimum absolute atomic E-state index is 0. The molecule has 0 atom stereocenters. The van der Waals surface area contributed by atoms with Crippen LogP contribution in [0.15, 0.2) is 100 Å². The number of nitrogens with one attached hydrogen (secondary N) is 1. The normalized spacial score (nSPS) is 11.4. The van der Waals surface area contributed by atoms with Crippen LogP contribution < -0.4 is 40.6 Å². The number of fused-ring (bicyclic) bond motifs is 1. The van der Waals surface area contributed by atoms with E-state index in [4.69, 9.17) is 5.73 Å². The van der Waals surface area contributed by atoms with E-state index in [1.54, 1.807) is 42.5 Å². The second kappa shape index (κ2) is 9.59. The van der Waals surface area contributed by atoms with E-state index in [0.717, 1.165) is 10.8 Å². The molecule has 0 amide bonds. The number of nitrogens with two attached hydrogens (primary N) is 1. The van der Waals surface area contributed by atoms with E-state index < -0.39 is 15.0 Å². The van der Waals surface area contributed by atoms with Gasteiger partial charge in [0.05, 0.1) is 22.0 Å². The van der Waals surface area contributed by atoms with Gasteiger partial charge in [0.15, 0.2) is 0 Å². The van der Waals surface area contributed by atoms with Crippen LogP contribution in [0.5, 0.6) is 0 Å². The molecule has 150 valence electrons. The summed E-state index contributed by atoms with van der Waals surface area (Å²) in [6.07, 6.45) is 0. The van der Waals surface area contributed by atoms with Gasteiger partial charge in [0, 0.05) is 22.1 Å². The summed E-state index contributed by atoms with van der Waals surface area (Å²) in [5.74, 6) is 0. The second-order valence-corrected chi connectivity index (χ2v) is 7.89. The molecule has 4 aromatic rings. The summed E-state index contributed by atoms with van der Waals surface area (Å²) in [6, 6.07) is 24.2. The molecule has 0 aromatic heterocycles. The van der Waals surface area contributed by atoms with Crippen LogP contribution in [0.4, 0.5) is 28.4 Å². The fourth-order valence-corrected chi connectivity index (χ4v) is 3.72. The molecule has 0 aliphatic carbocycles. The monoisotopic (exact) mass is 440 g/mol. The van der Waals surface area contributed by atoms with Crippen molar-refractivity contribution < 1.29 is 42.5 Å². The Morgan fingerprint density at radius 1 is 0.806 bits per heavy atom. The van der Waals surface area contributed by atoms with Crippen molar-refractivity contribution in [3.05, 3.63) is 84.9 Å². The largest absolute Gasteiger partial charge is 1.00 e. The van der Waals surface area contributed by atoms with Crippen LogP contribution in [0.25, 0.3) is 10.8 Å². The Bertz CT molecular complexity index is 1360. The summed E-state index contributed by atoms with van der Waals surface area (Å²) in [5.41, 5.74) is 8.28. The molecule has 0 aliphatic rings. The van der Waals surface area contributed by atoms with E-state index in [1.165, 1.54) is 12.1 Å². The van der Waals surface area contributed by atoms with E-state index in [-0.39, 0.29) is 40.9 Å². The molecule has 0 saturated carbocycles. The molecule has 0 heterocycles. The molecular weight excluding hydrogens is 423 g/mol. The Kier molecular flexibility index (Phi) is 7.09. The summed E-state index contributed by atoms with van der Waals surface area (Å²) in [5, 5.41) is 13.0. The second-order valence-electron chi connectivity index (χ2n) is 6.55. The average Bonchev–Trinajstić information content (AvgIpc) is 2.74. The van der Waals surface area contributed by atoms with Crippen molar-refractivity contribution in [2.75, 3.05) is 11.1 Å². The van der Waals surface area contributed by atoms with Crippen molar-refractivity contribution in [3.8, 4) is 0 Å². The van der Waals surface area contributed by atoms with Crippen molar-refractivity contribution in [3.63, 3.8) is 0 Å². The van der Waals surface area contributed by atoms with E-state index in [9.17, 15) is 13.0 Å². The number of anilines is 3. The smallest absolute Gasteiger partial charge is 0.744 e. The van der Waals surface area contributed by atoms with Crippen LogP contribution in [-0.2, 0) is 10.1 Å². The first kappa shape index (κ1) is 22.9. The van der Waals surface area contributed by atoms with Gasteiger partial charge in [0.25, 0.3) is 0 Å². The molecule has 0 saturated heterocycles. The fourth-order valence-electron chi connectivity index (χ4n) is 3.07. The van der Waals surface area contributed by atoms with Gasteiger partial charge in [-0.25, -0.2) is 8.42 Å². The van der Waals surface area contributed by atoms with Crippen molar-refractivity contribution >= 4 is 49.3 Å². The maximum absolute atomic E-state index is 11.8. The van der Waals surface area contributed by atoms with E-state index >= 15 is 0 Å². The quantitative estimate of drug-likeness (QED) is 0.214. The van der Waals surface area contributed by atoms with Gasteiger partial charge in [-0.15, -0.1) is 5.11 Å². The number of para-hydroxylation sites is 1. The number of nitrogen functional groups attached to an aromatic ring is 1. The molecule has 0 unspecified atom stereocenters. The third-order valence-electron chi connectivity index (χ3n) is 4.50. The van der Waals surface area contributed by atoms with Gasteiger partial charge in [-0.2, -0.15) is 5.11 Å². The number of nitrogens with zero attached hydrogens (tertiary/aromatic N) is 2. The van der Waals surface area contributed by atoms with Gasteiger partial charge in [0.2, 0.25) is 0 Å². The number of rotatable bonds is 5. The van der Waals surface area contributed by atoms with E-state index in [0.29, 0.717) is 17.1 Å². The molecule has 0 spiro atoms. The Balaban J connectivity index is 0.00000272. The van der Waals surface area contributed by atoms with Crippen LogP contribution in [0.2, 0.25) is 0 Å². The molecule has 0 radical (unpaired) electrons. The zero-order chi connectivity index (χ0) is 21.1. The maximum atomic E-state index is 11.8. The Labute approximate surface area is 202 Å². The molecule has 4 rings (SSSR count). The summed E-state index contributed by atoms with van der Waals surface area (Å²) in [4.78, 5) is -0.398. The summed E-state index contributed by atoms with van der Waals surface area (Å²) in [7, 11) is -4.73. The predicted octanol–water partition coefficient (Wildman–Crippen LogP) is 2.49. The SMILES string of the molecule is Nc1ccc(N=Nc2ccc(Nc3ccccc3)c(S(=O)(=O)[O-])c2)c2ccccc12.[Na+]. The van der Waals surface area contributed by atoms with Gasteiger partial charge < -0.3 is 15.6 Å². The summed E-state index contributed by atoms with van der Waals surface area (Å²) >= 11 is 0. The average molecular weight is 440 g/mol. The van der Waals surface area contributed by atoms with Gasteiger partial charge in [-0.05, 0) is 42.5 Å². The topological polar surface area (TPSA) is 120 Å². The molecule has 0 bridgehead atoms. The molecule has 3 N–H and O–H groups in total. The first-order valence-corrected chi connectivity index (χ1v) is 10.4. The van der Waals surface area contributed by atoms with Crippen LogP contribution in [0, 0.1) is 0 Å².